The molecule has 18 heavy (non-hydrogen) atoms. The first-order chi connectivity index (χ1) is 8.40. The van der Waals surface area contributed by atoms with Gasteiger partial charge in [0.15, 0.2) is 0 Å². The molecule has 0 aliphatic rings. The van der Waals surface area contributed by atoms with E-state index in [1.54, 1.807) is 18.2 Å². The summed E-state index contributed by atoms with van der Waals surface area (Å²) >= 11 is 0. The number of hydrogen-bond acceptors (Lipinski definition) is 5. The van der Waals surface area contributed by atoms with Gasteiger partial charge in [-0.05, 0) is 25.0 Å². The summed E-state index contributed by atoms with van der Waals surface area (Å²) in [6, 6.07) is 5.27. The topological polar surface area (TPSA) is 84.4 Å². The molecule has 1 atom stereocenters. The first kappa shape index (κ1) is 14.2. The Bertz CT molecular complexity index is 434. The highest BCUT2D eigenvalue weighted by Crippen LogP contribution is 2.35. The molecule has 1 aromatic carbocycles. The molecule has 6 nitrogen and oxygen atoms in total. The molecule has 0 spiro atoms. The normalized spacial score (nSPS) is 12.3. The molecule has 0 aromatic heterocycles. The molecule has 1 rings (SSSR count). The predicted molar refractivity (Wildman–Crippen MR) is 73.6 cm³/mol. The van der Waals surface area contributed by atoms with E-state index in [2.05, 4.69) is 19.3 Å². The lowest BCUT2D eigenvalue weighted by atomic mass is 10.0. The highest BCUT2D eigenvalue weighted by molar-refractivity contribution is 5.76. The van der Waals surface area contributed by atoms with E-state index in [0.717, 1.165) is 0 Å². The van der Waals surface area contributed by atoms with Crippen LogP contribution in [0.5, 0.6) is 0 Å². The second kappa shape index (κ2) is 5.68. The Balaban J connectivity index is 3.27. The van der Waals surface area contributed by atoms with Crippen LogP contribution >= 0.6 is 0 Å². The maximum Gasteiger partial charge on any atom is 0.316 e. The van der Waals surface area contributed by atoms with Gasteiger partial charge in [-0.1, -0.05) is 19.9 Å². The molecular formula is C12H20N4O2. The van der Waals surface area contributed by atoms with Crippen LogP contribution < -0.4 is 16.2 Å². The molecule has 0 saturated carbocycles. The number of nitrogens with zero attached hydrogens (tertiary/aromatic N) is 2. The SMILES string of the molecule is CC(C)C(C)N(C)c1cccc(NN)c1[N+](=O)[O-]. The minimum absolute atomic E-state index is 0.00926. The standard InChI is InChI=1S/C12H20N4O2/c1-8(2)9(3)15(4)11-7-5-6-10(14-13)12(11)16(17)18/h5-9,14H,13H2,1-4H3. The number of benzene rings is 1. The molecule has 0 heterocycles. The third-order valence-electron chi connectivity index (χ3n) is 3.31. The van der Waals surface area contributed by atoms with Crippen LogP contribution in [0.25, 0.3) is 0 Å². The van der Waals surface area contributed by atoms with Crippen molar-refractivity contribution in [1.29, 1.82) is 0 Å². The number of hydrogen-bond donors (Lipinski definition) is 2. The molecule has 1 unspecified atom stereocenters. The lowest BCUT2D eigenvalue weighted by Gasteiger charge is -2.29. The van der Waals surface area contributed by atoms with Gasteiger partial charge in [0.2, 0.25) is 0 Å². The molecule has 3 N–H and O–H groups in total. The smallest absolute Gasteiger partial charge is 0.316 e. The van der Waals surface area contributed by atoms with E-state index < -0.39 is 4.92 Å². The molecular weight excluding hydrogens is 232 g/mol. The summed E-state index contributed by atoms with van der Waals surface area (Å²) in [5, 5.41) is 11.2. The zero-order chi connectivity index (χ0) is 13.9. The van der Waals surface area contributed by atoms with Gasteiger partial charge in [-0.3, -0.25) is 16.0 Å². The summed E-state index contributed by atoms with van der Waals surface area (Å²) in [5.41, 5.74) is 3.27. The number of anilines is 2. The molecule has 6 heteroatoms. The van der Waals surface area contributed by atoms with Crippen molar-refractivity contribution in [2.75, 3.05) is 17.4 Å². The summed E-state index contributed by atoms with van der Waals surface area (Å²) in [7, 11) is 1.85. The van der Waals surface area contributed by atoms with Gasteiger partial charge < -0.3 is 10.3 Å². The Morgan fingerprint density at radius 1 is 1.39 bits per heavy atom. The Morgan fingerprint density at radius 3 is 2.44 bits per heavy atom. The number of rotatable bonds is 5. The van der Waals surface area contributed by atoms with Crippen LogP contribution in [0.1, 0.15) is 20.8 Å². The maximum absolute atomic E-state index is 11.2. The number of nitro benzene ring substituents is 1. The summed E-state index contributed by atoms with van der Waals surface area (Å²) in [5.74, 6) is 5.71. The van der Waals surface area contributed by atoms with E-state index in [0.29, 0.717) is 17.3 Å². The van der Waals surface area contributed by atoms with Crippen LogP contribution in [0.3, 0.4) is 0 Å². The fraction of sp³-hybridized carbons (Fsp3) is 0.500. The Hall–Kier alpha value is -1.82. The lowest BCUT2D eigenvalue weighted by Crippen LogP contribution is -2.33. The van der Waals surface area contributed by atoms with Crippen molar-refractivity contribution < 1.29 is 4.92 Å². The van der Waals surface area contributed by atoms with E-state index in [1.807, 2.05) is 18.9 Å². The fourth-order valence-corrected chi connectivity index (χ4v) is 1.79. The second-order valence-corrected chi connectivity index (χ2v) is 4.67. The third kappa shape index (κ3) is 2.70. The van der Waals surface area contributed by atoms with Crippen molar-refractivity contribution in [3.63, 3.8) is 0 Å². The second-order valence-electron chi connectivity index (χ2n) is 4.67. The molecule has 0 fully saturated rings. The van der Waals surface area contributed by atoms with E-state index in [4.69, 9.17) is 5.84 Å². The van der Waals surface area contributed by atoms with Crippen molar-refractivity contribution in [3.05, 3.63) is 28.3 Å². The lowest BCUT2D eigenvalue weighted by molar-refractivity contribution is -0.383. The van der Waals surface area contributed by atoms with Crippen LogP contribution in [0.4, 0.5) is 17.1 Å². The van der Waals surface area contributed by atoms with E-state index in [9.17, 15) is 10.1 Å². The van der Waals surface area contributed by atoms with Crippen LogP contribution in [-0.2, 0) is 0 Å². The number of hydrazine groups is 1. The van der Waals surface area contributed by atoms with Gasteiger partial charge in [0.05, 0.1) is 4.92 Å². The van der Waals surface area contributed by atoms with Crippen LogP contribution in [-0.4, -0.2) is 18.0 Å². The van der Waals surface area contributed by atoms with E-state index in [1.165, 1.54) is 0 Å². The highest BCUT2D eigenvalue weighted by atomic mass is 16.6. The van der Waals surface area contributed by atoms with E-state index in [-0.39, 0.29) is 11.7 Å². The zero-order valence-electron chi connectivity index (χ0n) is 11.2. The summed E-state index contributed by atoms with van der Waals surface area (Å²) in [6.45, 7) is 6.20. The molecule has 0 aliphatic heterocycles. The average Bonchev–Trinajstić information content (AvgIpc) is 2.35. The van der Waals surface area contributed by atoms with Gasteiger partial charge in [0.1, 0.15) is 11.4 Å². The number of nitro groups is 1. The van der Waals surface area contributed by atoms with Crippen molar-refractivity contribution in [3.8, 4) is 0 Å². The van der Waals surface area contributed by atoms with Crippen molar-refractivity contribution >= 4 is 17.1 Å². The van der Waals surface area contributed by atoms with Crippen LogP contribution in [0.15, 0.2) is 18.2 Å². The number of nitrogen functional groups attached to an aromatic ring is 1. The number of nitrogens with one attached hydrogen (secondary N) is 1. The Labute approximate surface area is 107 Å². The van der Waals surface area contributed by atoms with Crippen molar-refractivity contribution in [2.24, 2.45) is 11.8 Å². The van der Waals surface area contributed by atoms with Gasteiger partial charge >= 0.3 is 5.69 Å². The Kier molecular flexibility index (Phi) is 4.49. The molecule has 100 valence electrons. The zero-order valence-corrected chi connectivity index (χ0v) is 11.2. The van der Waals surface area contributed by atoms with Crippen LogP contribution in [0.2, 0.25) is 0 Å². The first-order valence-electron chi connectivity index (χ1n) is 5.87. The average molecular weight is 252 g/mol. The van der Waals surface area contributed by atoms with Gasteiger partial charge in [-0.15, -0.1) is 0 Å². The number of para-hydroxylation sites is 1. The van der Waals surface area contributed by atoms with Crippen molar-refractivity contribution in [2.45, 2.75) is 26.8 Å². The molecule has 0 bridgehead atoms. The maximum atomic E-state index is 11.2. The quantitative estimate of drug-likeness (QED) is 0.477. The largest absolute Gasteiger partial charge is 0.366 e. The number of nitrogens with two attached hydrogens (primary N) is 1. The Morgan fingerprint density at radius 2 is 2.00 bits per heavy atom. The van der Waals surface area contributed by atoms with Gasteiger partial charge in [-0.25, -0.2) is 0 Å². The van der Waals surface area contributed by atoms with Crippen LogP contribution in [0, 0.1) is 16.0 Å². The molecule has 0 radical (unpaired) electrons. The highest BCUT2D eigenvalue weighted by Gasteiger charge is 2.25. The van der Waals surface area contributed by atoms with Gasteiger partial charge in [0.25, 0.3) is 0 Å². The molecule has 0 saturated heterocycles. The predicted octanol–water partition coefficient (Wildman–Crippen LogP) is 2.36. The summed E-state index contributed by atoms with van der Waals surface area (Å²) in [4.78, 5) is 12.7. The molecule has 0 aliphatic carbocycles. The summed E-state index contributed by atoms with van der Waals surface area (Å²) < 4.78 is 0. The molecule has 0 amide bonds. The summed E-state index contributed by atoms with van der Waals surface area (Å²) in [6.07, 6.45) is 0. The third-order valence-corrected chi connectivity index (χ3v) is 3.31. The first-order valence-corrected chi connectivity index (χ1v) is 5.87. The van der Waals surface area contributed by atoms with Gasteiger partial charge in [-0.2, -0.15) is 0 Å². The monoisotopic (exact) mass is 252 g/mol. The van der Waals surface area contributed by atoms with Gasteiger partial charge in [0, 0.05) is 13.1 Å². The van der Waals surface area contributed by atoms with E-state index >= 15 is 0 Å². The molecule has 1 aromatic rings. The minimum atomic E-state index is -0.409. The van der Waals surface area contributed by atoms with Crippen molar-refractivity contribution in [1.82, 2.24) is 0 Å². The fourth-order valence-electron chi connectivity index (χ4n) is 1.79. The minimum Gasteiger partial charge on any atom is -0.366 e.